The van der Waals surface area contributed by atoms with Crippen LogP contribution < -0.4 is 0 Å². The molecule has 0 aromatic carbocycles. The normalized spacial score (nSPS) is 47.1. The molecule has 58 valence electrons. The average molecular weight is 140 g/mol. The lowest BCUT2D eigenvalue weighted by atomic mass is 9.78. The van der Waals surface area contributed by atoms with Gasteiger partial charge in [-0.15, -0.1) is 0 Å². The molecule has 2 bridgehead atoms. The molecule has 3 unspecified atom stereocenters. The molecule has 0 spiro atoms. The molecule has 2 fully saturated rings. The van der Waals surface area contributed by atoms with Crippen LogP contribution in [0.4, 0.5) is 0 Å². The molecule has 1 heteroatoms. The summed E-state index contributed by atoms with van der Waals surface area (Å²) in [7, 11) is 0. The maximum Gasteiger partial charge on any atom is 0.0580 e. The molecule has 10 heavy (non-hydrogen) atoms. The lowest BCUT2D eigenvalue weighted by Crippen LogP contribution is -2.33. The lowest BCUT2D eigenvalue weighted by molar-refractivity contribution is -0.0492. The average Bonchev–Trinajstić information content (AvgIpc) is 1.85. The molecule has 3 atom stereocenters. The van der Waals surface area contributed by atoms with Gasteiger partial charge in [0.2, 0.25) is 0 Å². The van der Waals surface area contributed by atoms with Crippen LogP contribution in [-0.4, -0.2) is 12.7 Å². The Morgan fingerprint density at radius 2 is 2.10 bits per heavy atom. The summed E-state index contributed by atoms with van der Waals surface area (Å²) < 4.78 is 5.62. The second-order valence-electron chi connectivity index (χ2n) is 3.96. The van der Waals surface area contributed by atoms with Crippen LogP contribution in [0.5, 0.6) is 0 Å². The van der Waals surface area contributed by atoms with Crippen molar-refractivity contribution in [1.82, 2.24) is 0 Å². The van der Waals surface area contributed by atoms with Gasteiger partial charge in [0, 0.05) is 6.61 Å². The van der Waals surface area contributed by atoms with E-state index in [1.807, 2.05) is 0 Å². The Kier molecular flexibility index (Phi) is 1.69. The summed E-state index contributed by atoms with van der Waals surface area (Å²) in [6.45, 7) is 3.38. The summed E-state index contributed by atoms with van der Waals surface area (Å²) in [5.41, 5.74) is 0. The molecule has 1 heterocycles. The van der Waals surface area contributed by atoms with Crippen molar-refractivity contribution in [3.8, 4) is 0 Å². The van der Waals surface area contributed by atoms with Gasteiger partial charge in [-0.1, -0.05) is 6.92 Å². The fourth-order valence-electron chi connectivity index (χ4n) is 2.45. The molecular formula is C9H16O. The maximum absolute atomic E-state index is 5.62. The van der Waals surface area contributed by atoms with Crippen molar-refractivity contribution in [3.05, 3.63) is 0 Å². The van der Waals surface area contributed by atoms with Crippen LogP contribution in [0.1, 0.15) is 32.6 Å². The number of ether oxygens (including phenoxy) is 1. The van der Waals surface area contributed by atoms with Gasteiger partial charge in [-0.25, -0.2) is 0 Å². The minimum Gasteiger partial charge on any atom is -0.378 e. The Balaban J connectivity index is 1.98. The number of fused-ring (bicyclic) bond motifs is 2. The van der Waals surface area contributed by atoms with E-state index in [9.17, 15) is 0 Å². The first kappa shape index (κ1) is 6.66. The van der Waals surface area contributed by atoms with Gasteiger partial charge in [0.1, 0.15) is 0 Å². The molecule has 1 saturated carbocycles. The summed E-state index contributed by atoms with van der Waals surface area (Å²) in [4.78, 5) is 0. The smallest absolute Gasteiger partial charge is 0.0580 e. The summed E-state index contributed by atoms with van der Waals surface area (Å²) in [5.74, 6) is 1.92. The van der Waals surface area contributed by atoms with Crippen LogP contribution in [0.3, 0.4) is 0 Å². The van der Waals surface area contributed by atoms with Gasteiger partial charge < -0.3 is 4.74 Å². The van der Waals surface area contributed by atoms with Crippen molar-refractivity contribution < 1.29 is 4.74 Å². The highest BCUT2D eigenvalue weighted by molar-refractivity contribution is 4.80. The molecule has 1 saturated heterocycles. The topological polar surface area (TPSA) is 9.23 Å². The zero-order valence-corrected chi connectivity index (χ0v) is 6.68. The van der Waals surface area contributed by atoms with Gasteiger partial charge >= 0.3 is 0 Å². The first-order valence-corrected chi connectivity index (χ1v) is 4.46. The third-order valence-corrected chi connectivity index (χ3v) is 2.88. The predicted octanol–water partition coefficient (Wildman–Crippen LogP) is 2.21. The summed E-state index contributed by atoms with van der Waals surface area (Å²) in [6.07, 6.45) is 6.07. The molecule has 0 amide bonds. The maximum atomic E-state index is 5.62. The monoisotopic (exact) mass is 140 g/mol. The minimum absolute atomic E-state index is 0.627. The summed E-state index contributed by atoms with van der Waals surface area (Å²) >= 11 is 0. The zero-order valence-electron chi connectivity index (χ0n) is 6.68. The molecule has 1 aliphatic carbocycles. The first-order valence-electron chi connectivity index (χ1n) is 4.46. The van der Waals surface area contributed by atoms with Gasteiger partial charge in [-0.3, -0.25) is 0 Å². The van der Waals surface area contributed by atoms with Crippen molar-refractivity contribution in [1.29, 1.82) is 0 Å². The third kappa shape index (κ3) is 1.20. The van der Waals surface area contributed by atoms with Gasteiger partial charge in [-0.05, 0) is 37.5 Å². The highest BCUT2D eigenvalue weighted by Crippen LogP contribution is 2.35. The van der Waals surface area contributed by atoms with Crippen molar-refractivity contribution in [2.75, 3.05) is 6.61 Å². The van der Waals surface area contributed by atoms with Crippen LogP contribution in [0, 0.1) is 11.8 Å². The molecule has 2 rings (SSSR count). The van der Waals surface area contributed by atoms with Gasteiger partial charge in [0.15, 0.2) is 0 Å². The van der Waals surface area contributed by atoms with Gasteiger partial charge in [-0.2, -0.15) is 0 Å². The molecule has 0 aromatic rings. The van der Waals surface area contributed by atoms with Crippen LogP contribution in [0.2, 0.25) is 0 Å². The summed E-state index contributed by atoms with van der Waals surface area (Å²) in [5, 5.41) is 0. The van der Waals surface area contributed by atoms with Gasteiger partial charge in [0.05, 0.1) is 6.10 Å². The second-order valence-corrected chi connectivity index (χ2v) is 3.96. The van der Waals surface area contributed by atoms with Crippen molar-refractivity contribution in [3.63, 3.8) is 0 Å². The molecule has 0 radical (unpaired) electrons. The number of hydrogen-bond acceptors (Lipinski definition) is 1. The molecule has 0 aromatic heterocycles. The predicted molar refractivity (Wildman–Crippen MR) is 40.9 cm³/mol. The van der Waals surface area contributed by atoms with E-state index < -0.39 is 0 Å². The first-order chi connectivity index (χ1) is 4.84. The molecule has 1 aliphatic heterocycles. The van der Waals surface area contributed by atoms with E-state index in [1.54, 1.807) is 0 Å². The third-order valence-electron chi connectivity index (χ3n) is 2.88. The molecule has 0 N–H and O–H groups in total. The van der Waals surface area contributed by atoms with Crippen LogP contribution in [0.15, 0.2) is 0 Å². The SMILES string of the molecule is CC1CC2CCOC(C1)C2. The van der Waals surface area contributed by atoms with E-state index in [2.05, 4.69) is 6.92 Å². The molecular weight excluding hydrogens is 124 g/mol. The Morgan fingerprint density at radius 3 is 2.90 bits per heavy atom. The van der Waals surface area contributed by atoms with E-state index >= 15 is 0 Å². The Morgan fingerprint density at radius 1 is 1.20 bits per heavy atom. The fourth-order valence-corrected chi connectivity index (χ4v) is 2.45. The van der Waals surface area contributed by atoms with Crippen LogP contribution in [-0.2, 0) is 4.74 Å². The van der Waals surface area contributed by atoms with E-state index in [1.165, 1.54) is 25.7 Å². The van der Waals surface area contributed by atoms with E-state index in [0.29, 0.717) is 6.10 Å². The Bertz CT molecular complexity index is 106. The number of rotatable bonds is 0. The van der Waals surface area contributed by atoms with E-state index in [-0.39, 0.29) is 0 Å². The number of hydrogen-bond donors (Lipinski definition) is 0. The standard InChI is InChI=1S/C9H16O/c1-7-4-8-2-3-10-9(5-7)6-8/h7-9H,2-6H2,1H3. The Hall–Kier alpha value is -0.0400. The molecule has 1 nitrogen and oxygen atoms in total. The minimum atomic E-state index is 0.627. The van der Waals surface area contributed by atoms with Crippen LogP contribution in [0.25, 0.3) is 0 Å². The van der Waals surface area contributed by atoms with Crippen LogP contribution >= 0.6 is 0 Å². The van der Waals surface area contributed by atoms with Crippen molar-refractivity contribution in [2.45, 2.75) is 38.7 Å². The highest BCUT2D eigenvalue weighted by Gasteiger charge is 2.30. The van der Waals surface area contributed by atoms with E-state index in [0.717, 1.165) is 18.4 Å². The van der Waals surface area contributed by atoms with Crippen molar-refractivity contribution >= 4 is 0 Å². The zero-order chi connectivity index (χ0) is 6.97. The quantitative estimate of drug-likeness (QED) is 0.501. The molecule has 2 aliphatic rings. The highest BCUT2D eigenvalue weighted by atomic mass is 16.5. The van der Waals surface area contributed by atoms with Gasteiger partial charge in [0.25, 0.3) is 0 Å². The fraction of sp³-hybridized carbons (Fsp3) is 1.00. The largest absolute Gasteiger partial charge is 0.378 e. The second kappa shape index (κ2) is 2.54. The lowest BCUT2D eigenvalue weighted by Gasteiger charge is -2.37. The Labute approximate surface area is 62.8 Å². The summed E-state index contributed by atoms with van der Waals surface area (Å²) in [6, 6.07) is 0. The van der Waals surface area contributed by atoms with Crippen molar-refractivity contribution in [2.24, 2.45) is 11.8 Å². The van der Waals surface area contributed by atoms with E-state index in [4.69, 9.17) is 4.74 Å².